The second-order valence-electron chi connectivity index (χ2n) is 7.49. The Morgan fingerprint density at radius 1 is 1.14 bits per heavy atom. The van der Waals surface area contributed by atoms with Crippen LogP contribution in [0.3, 0.4) is 0 Å². The van der Waals surface area contributed by atoms with Crippen LogP contribution in [0.15, 0.2) is 30.5 Å². The summed E-state index contributed by atoms with van der Waals surface area (Å²) < 4.78 is 44.1. The second-order valence-corrected chi connectivity index (χ2v) is 7.49. The van der Waals surface area contributed by atoms with Gasteiger partial charge in [-0.25, -0.2) is 13.8 Å². The van der Waals surface area contributed by atoms with Crippen LogP contribution in [-0.4, -0.2) is 36.3 Å². The second kappa shape index (κ2) is 7.14. The summed E-state index contributed by atoms with van der Waals surface area (Å²) in [4.78, 5) is 16.6. The van der Waals surface area contributed by atoms with Crippen LogP contribution < -0.4 is 15.5 Å². The molecule has 2 aromatic rings. The minimum atomic E-state index is -0.966. The maximum absolute atomic E-state index is 13.9. The number of rotatable bonds is 4. The zero-order valence-corrected chi connectivity index (χ0v) is 16.3. The summed E-state index contributed by atoms with van der Waals surface area (Å²) in [5.41, 5.74) is -0.613. The van der Waals surface area contributed by atoms with Gasteiger partial charge in [-0.15, -0.1) is 0 Å². The predicted molar refractivity (Wildman–Crippen MR) is 101 cm³/mol. The molecule has 0 radical (unpaired) electrons. The Bertz CT molecular complexity index is 905. The number of carbonyl (C=O) groups excluding carboxylic acids is 1. The Labute approximate surface area is 162 Å². The fraction of sp³-hybridized carbons (Fsp3) is 0.368. The van der Waals surface area contributed by atoms with Crippen molar-refractivity contribution in [3.05, 3.63) is 47.7 Å². The van der Waals surface area contributed by atoms with Gasteiger partial charge in [0.15, 0.2) is 0 Å². The van der Waals surface area contributed by atoms with Crippen LogP contribution in [0.4, 0.5) is 14.5 Å². The molecule has 0 unspecified atom stereocenters. The monoisotopic (exact) mass is 390 g/mol. The number of pyridine rings is 1. The minimum absolute atomic E-state index is 0.135. The van der Waals surface area contributed by atoms with Crippen LogP contribution in [0, 0.1) is 11.6 Å². The molecule has 1 aromatic carbocycles. The number of halogens is 2. The molecule has 1 saturated heterocycles. The van der Waals surface area contributed by atoms with Crippen molar-refractivity contribution in [1.29, 1.82) is 0 Å². The van der Waals surface area contributed by atoms with Gasteiger partial charge in [0.2, 0.25) is 5.88 Å². The van der Waals surface area contributed by atoms with E-state index in [1.165, 1.54) is 13.3 Å². The van der Waals surface area contributed by atoms with Crippen LogP contribution in [0.1, 0.15) is 38.1 Å². The number of anilines is 1. The van der Waals surface area contributed by atoms with Gasteiger partial charge in [-0.1, -0.05) is 0 Å². The molecule has 0 atom stereocenters. The van der Waals surface area contributed by atoms with E-state index in [1.54, 1.807) is 6.07 Å². The maximum Gasteiger partial charge on any atom is 0.496 e. The highest BCUT2D eigenvalue weighted by atomic mass is 19.1. The highest BCUT2D eigenvalue weighted by molar-refractivity contribution is 6.62. The molecule has 6 nitrogen and oxygen atoms in total. The van der Waals surface area contributed by atoms with Crippen LogP contribution in [0.25, 0.3) is 0 Å². The van der Waals surface area contributed by atoms with E-state index in [1.807, 2.05) is 27.7 Å². The number of nitrogens with zero attached hydrogens (tertiary/aromatic N) is 1. The van der Waals surface area contributed by atoms with Gasteiger partial charge >= 0.3 is 7.12 Å². The van der Waals surface area contributed by atoms with E-state index in [0.29, 0.717) is 11.5 Å². The van der Waals surface area contributed by atoms with E-state index >= 15 is 0 Å². The molecule has 0 bridgehead atoms. The molecule has 0 saturated carbocycles. The van der Waals surface area contributed by atoms with Gasteiger partial charge in [-0.3, -0.25) is 4.79 Å². The lowest BCUT2D eigenvalue weighted by Crippen LogP contribution is -2.41. The molecule has 148 valence electrons. The molecule has 1 N–H and O–H groups in total. The highest BCUT2D eigenvalue weighted by Gasteiger charge is 2.52. The fourth-order valence-corrected chi connectivity index (χ4v) is 2.69. The summed E-state index contributed by atoms with van der Waals surface area (Å²) >= 11 is 0. The Hall–Kier alpha value is -2.52. The topological polar surface area (TPSA) is 69.7 Å². The summed E-state index contributed by atoms with van der Waals surface area (Å²) in [6, 6.07) is 4.31. The summed E-state index contributed by atoms with van der Waals surface area (Å²) in [6.45, 7) is 7.68. The van der Waals surface area contributed by atoms with Crippen LogP contribution in [0.2, 0.25) is 0 Å². The molecule has 1 aliphatic rings. The van der Waals surface area contributed by atoms with Crippen molar-refractivity contribution >= 4 is 24.2 Å². The Morgan fingerprint density at radius 2 is 1.79 bits per heavy atom. The first-order chi connectivity index (χ1) is 13.0. The Kier molecular flexibility index (Phi) is 5.16. The van der Waals surface area contributed by atoms with E-state index < -0.39 is 35.9 Å². The van der Waals surface area contributed by atoms with E-state index in [-0.39, 0.29) is 17.1 Å². The predicted octanol–water partition coefficient (Wildman–Crippen LogP) is 2.92. The van der Waals surface area contributed by atoms with Gasteiger partial charge in [0.25, 0.3) is 5.91 Å². The molecule has 1 aromatic heterocycles. The lowest BCUT2D eigenvalue weighted by molar-refractivity contribution is 0.00578. The number of nitrogens with one attached hydrogen (secondary N) is 1. The normalized spacial score (nSPS) is 17.5. The summed E-state index contributed by atoms with van der Waals surface area (Å²) in [5.74, 6) is -2.36. The van der Waals surface area contributed by atoms with Crippen molar-refractivity contribution in [3.8, 4) is 5.88 Å². The van der Waals surface area contributed by atoms with Crippen molar-refractivity contribution in [2.75, 3.05) is 12.4 Å². The lowest BCUT2D eigenvalue weighted by Gasteiger charge is -2.32. The first-order valence-electron chi connectivity index (χ1n) is 8.70. The van der Waals surface area contributed by atoms with E-state index in [9.17, 15) is 13.6 Å². The van der Waals surface area contributed by atoms with Crippen LogP contribution in [-0.2, 0) is 9.31 Å². The first kappa shape index (κ1) is 20.2. The molecule has 1 aliphatic heterocycles. The fourth-order valence-electron chi connectivity index (χ4n) is 2.69. The molecule has 0 aliphatic carbocycles. The summed E-state index contributed by atoms with van der Waals surface area (Å²) in [6.07, 6.45) is 1.52. The van der Waals surface area contributed by atoms with Gasteiger partial charge in [-0.2, -0.15) is 0 Å². The van der Waals surface area contributed by atoms with E-state index in [4.69, 9.17) is 14.0 Å². The molecule has 3 rings (SSSR count). The largest absolute Gasteiger partial charge is 0.496 e. The molecular formula is C19H21BF2N2O4. The van der Waals surface area contributed by atoms with Gasteiger partial charge < -0.3 is 19.4 Å². The molecular weight excluding hydrogens is 369 g/mol. The minimum Gasteiger partial charge on any atom is -0.480 e. The maximum atomic E-state index is 13.9. The third-order valence-corrected chi connectivity index (χ3v) is 5.02. The van der Waals surface area contributed by atoms with Gasteiger partial charge in [0, 0.05) is 17.7 Å². The third kappa shape index (κ3) is 3.72. The number of carbonyl (C=O) groups is 1. The molecule has 28 heavy (non-hydrogen) atoms. The summed E-state index contributed by atoms with van der Waals surface area (Å²) in [5, 5.41) is 2.54. The first-order valence-corrected chi connectivity index (χ1v) is 8.70. The van der Waals surface area contributed by atoms with Crippen molar-refractivity contribution in [3.63, 3.8) is 0 Å². The number of hydrogen-bond donors (Lipinski definition) is 1. The number of ether oxygens (including phenoxy) is 1. The van der Waals surface area contributed by atoms with Crippen molar-refractivity contribution in [2.45, 2.75) is 38.9 Å². The number of hydrogen-bond acceptors (Lipinski definition) is 5. The van der Waals surface area contributed by atoms with Gasteiger partial charge in [0.1, 0.15) is 17.3 Å². The molecule has 1 amide bonds. The van der Waals surface area contributed by atoms with Crippen molar-refractivity contribution in [1.82, 2.24) is 4.98 Å². The van der Waals surface area contributed by atoms with E-state index in [2.05, 4.69) is 10.3 Å². The van der Waals surface area contributed by atoms with Crippen molar-refractivity contribution in [2.24, 2.45) is 0 Å². The number of benzene rings is 1. The number of aromatic nitrogens is 1. The quantitative estimate of drug-likeness (QED) is 0.814. The average molecular weight is 390 g/mol. The average Bonchev–Trinajstić information content (AvgIpc) is 2.82. The van der Waals surface area contributed by atoms with Crippen molar-refractivity contribution < 1.29 is 27.6 Å². The lowest BCUT2D eigenvalue weighted by atomic mass is 9.80. The van der Waals surface area contributed by atoms with Gasteiger partial charge in [0.05, 0.1) is 23.9 Å². The number of methoxy groups -OCH3 is 1. The molecule has 9 heteroatoms. The van der Waals surface area contributed by atoms with Crippen LogP contribution in [0.5, 0.6) is 5.88 Å². The highest BCUT2D eigenvalue weighted by Crippen LogP contribution is 2.36. The van der Waals surface area contributed by atoms with Gasteiger partial charge in [-0.05, 0) is 45.9 Å². The number of amides is 1. The Morgan fingerprint density at radius 3 is 2.36 bits per heavy atom. The standard InChI is InChI=1S/C19H21BF2N2O4/c1-18(2)19(3,4)28-20(27-18)11-8-15(17(26-5)23-10-11)24-16(25)13-7-6-12(21)9-14(13)22/h6-10H,1-5H3,(H,24,25). The van der Waals surface area contributed by atoms with E-state index in [0.717, 1.165) is 12.1 Å². The van der Waals surface area contributed by atoms with Crippen LogP contribution >= 0.6 is 0 Å². The SMILES string of the molecule is COc1ncc(B2OC(C)(C)C(C)(C)O2)cc1NC(=O)c1ccc(F)cc1F. The molecule has 1 fully saturated rings. The Balaban J connectivity index is 1.89. The molecule has 2 heterocycles. The zero-order chi connectivity index (χ0) is 20.7. The summed E-state index contributed by atoms with van der Waals surface area (Å²) in [7, 11) is 0.701. The third-order valence-electron chi connectivity index (χ3n) is 5.02. The smallest absolute Gasteiger partial charge is 0.480 e. The molecule has 0 spiro atoms. The zero-order valence-electron chi connectivity index (χ0n) is 16.3.